The zero-order chi connectivity index (χ0) is 10.7. The van der Waals surface area contributed by atoms with Gasteiger partial charge < -0.3 is 10.4 Å². The van der Waals surface area contributed by atoms with Gasteiger partial charge in [0.15, 0.2) is 0 Å². The summed E-state index contributed by atoms with van der Waals surface area (Å²) in [6.45, 7) is 7.62. The fourth-order valence-electron chi connectivity index (χ4n) is 1.66. The predicted octanol–water partition coefficient (Wildman–Crippen LogP) is 1.15. The molecule has 0 aromatic rings. The number of nitrogens with one attached hydrogen (secondary N) is 1. The Morgan fingerprint density at radius 2 is 2.29 bits per heavy atom. The van der Waals surface area contributed by atoms with E-state index < -0.39 is 6.61 Å². The summed E-state index contributed by atoms with van der Waals surface area (Å²) in [5, 5.41) is 11.4. The smallest absolute Gasteiger partial charge is 0.246 e. The summed E-state index contributed by atoms with van der Waals surface area (Å²) in [6.07, 6.45) is 1.87. The number of hydrogen-bond acceptors (Lipinski definition) is 2. The van der Waals surface area contributed by atoms with E-state index in [4.69, 9.17) is 5.11 Å². The summed E-state index contributed by atoms with van der Waals surface area (Å²) in [7, 11) is 0. The molecule has 0 saturated carbocycles. The number of rotatable bonds is 2. The Morgan fingerprint density at radius 3 is 2.86 bits per heavy atom. The average Bonchev–Trinajstić information content (AvgIpc) is 2.19. The maximum atomic E-state index is 11.0. The molecule has 2 N–H and O–H groups in total. The number of carbonyl (C=O) groups excluding carboxylic acids is 1. The van der Waals surface area contributed by atoms with Crippen LogP contribution >= 0.6 is 0 Å². The molecule has 0 bridgehead atoms. The standard InChI is InChI=1S/C11H17NO2/c1-7-4-5-10(9(3)8(7)2)12-11(14)6-13/h10,13H,3-6H2,1-2H3,(H,12,14)/t10-/m0/s1. The number of carbonyl (C=O) groups is 1. The first-order chi connectivity index (χ1) is 6.56. The Balaban J connectivity index is 2.68. The minimum Gasteiger partial charge on any atom is -0.387 e. The van der Waals surface area contributed by atoms with Crippen LogP contribution in [0.15, 0.2) is 23.3 Å². The van der Waals surface area contributed by atoms with E-state index in [1.54, 1.807) is 0 Å². The van der Waals surface area contributed by atoms with E-state index in [1.165, 1.54) is 11.1 Å². The molecule has 0 aromatic heterocycles. The van der Waals surface area contributed by atoms with Gasteiger partial charge in [0.1, 0.15) is 6.61 Å². The molecule has 3 heteroatoms. The molecule has 1 rings (SSSR count). The third-order valence-corrected chi connectivity index (χ3v) is 2.83. The highest BCUT2D eigenvalue weighted by Gasteiger charge is 2.21. The highest BCUT2D eigenvalue weighted by molar-refractivity contribution is 5.77. The van der Waals surface area contributed by atoms with Crippen molar-refractivity contribution in [2.24, 2.45) is 0 Å². The van der Waals surface area contributed by atoms with Crippen molar-refractivity contribution in [1.82, 2.24) is 5.32 Å². The van der Waals surface area contributed by atoms with Crippen LogP contribution in [0.2, 0.25) is 0 Å². The van der Waals surface area contributed by atoms with E-state index >= 15 is 0 Å². The molecule has 0 aromatic carbocycles. The molecular weight excluding hydrogens is 178 g/mol. The van der Waals surface area contributed by atoms with Crippen molar-refractivity contribution in [3.05, 3.63) is 23.3 Å². The van der Waals surface area contributed by atoms with Gasteiger partial charge in [0.05, 0.1) is 6.04 Å². The molecule has 0 radical (unpaired) electrons. The van der Waals surface area contributed by atoms with Crippen LogP contribution in [0.1, 0.15) is 26.7 Å². The molecule has 78 valence electrons. The lowest BCUT2D eigenvalue weighted by atomic mass is 9.86. The molecule has 1 amide bonds. The maximum absolute atomic E-state index is 11.0. The molecule has 0 unspecified atom stereocenters. The first-order valence-corrected chi connectivity index (χ1v) is 4.82. The van der Waals surface area contributed by atoms with Crippen molar-refractivity contribution < 1.29 is 9.90 Å². The molecule has 1 atom stereocenters. The average molecular weight is 195 g/mol. The van der Waals surface area contributed by atoms with Crippen LogP contribution in [0.5, 0.6) is 0 Å². The lowest BCUT2D eigenvalue weighted by molar-refractivity contribution is -0.124. The second kappa shape index (κ2) is 4.42. The summed E-state index contributed by atoms with van der Waals surface area (Å²) in [5.41, 5.74) is 3.49. The molecule has 0 saturated heterocycles. The molecule has 1 aliphatic carbocycles. The lowest BCUT2D eigenvalue weighted by Crippen LogP contribution is -2.39. The largest absolute Gasteiger partial charge is 0.387 e. The first-order valence-electron chi connectivity index (χ1n) is 4.82. The van der Waals surface area contributed by atoms with Crippen LogP contribution in [0, 0.1) is 0 Å². The monoisotopic (exact) mass is 195 g/mol. The van der Waals surface area contributed by atoms with Crippen LogP contribution in [0.25, 0.3) is 0 Å². The summed E-state index contributed by atoms with van der Waals surface area (Å²) in [6, 6.07) is -0.00153. The fraction of sp³-hybridized carbons (Fsp3) is 0.545. The van der Waals surface area contributed by atoms with Gasteiger partial charge in [-0.25, -0.2) is 0 Å². The summed E-state index contributed by atoms with van der Waals surface area (Å²) in [5.74, 6) is -0.330. The van der Waals surface area contributed by atoms with Gasteiger partial charge >= 0.3 is 0 Å². The van der Waals surface area contributed by atoms with Gasteiger partial charge in [-0.05, 0) is 37.8 Å². The minimum atomic E-state index is -0.453. The second-order valence-corrected chi connectivity index (χ2v) is 3.75. The van der Waals surface area contributed by atoms with Crippen LogP contribution in [0.4, 0.5) is 0 Å². The molecule has 0 heterocycles. The van der Waals surface area contributed by atoms with Gasteiger partial charge in [-0.1, -0.05) is 12.2 Å². The van der Waals surface area contributed by atoms with Crippen LogP contribution < -0.4 is 5.32 Å². The molecule has 1 aliphatic rings. The quantitative estimate of drug-likeness (QED) is 0.694. The molecule has 3 nitrogen and oxygen atoms in total. The third kappa shape index (κ3) is 2.23. The van der Waals surface area contributed by atoms with Gasteiger partial charge in [-0.2, -0.15) is 0 Å². The maximum Gasteiger partial charge on any atom is 0.246 e. The SMILES string of the molecule is C=C1C(C)=C(C)CC[C@@H]1NC(=O)CO. The second-order valence-electron chi connectivity index (χ2n) is 3.75. The predicted molar refractivity (Wildman–Crippen MR) is 55.8 cm³/mol. The zero-order valence-corrected chi connectivity index (χ0v) is 8.76. The van der Waals surface area contributed by atoms with Crippen molar-refractivity contribution in [2.45, 2.75) is 32.7 Å². The van der Waals surface area contributed by atoms with Gasteiger partial charge in [0.25, 0.3) is 0 Å². The Labute approximate surface area is 84.5 Å². The summed E-state index contributed by atoms with van der Waals surface area (Å²) < 4.78 is 0. The Hall–Kier alpha value is -1.09. The highest BCUT2D eigenvalue weighted by Crippen LogP contribution is 2.27. The van der Waals surface area contributed by atoms with Crippen molar-refractivity contribution in [3.63, 3.8) is 0 Å². The summed E-state index contributed by atoms with van der Waals surface area (Å²) >= 11 is 0. The van der Waals surface area contributed by atoms with Crippen molar-refractivity contribution in [2.75, 3.05) is 6.61 Å². The van der Waals surface area contributed by atoms with Crippen molar-refractivity contribution in [1.29, 1.82) is 0 Å². The van der Waals surface area contributed by atoms with Gasteiger partial charge in [-0.3, -0.25) is 4.79 Å². The van der Waals surface area contributed by atoms with E-state index in [2.05, 4.69) is 18.8 Å². The minimum absolute atomic E-state index is 0.00153. The molecule has 0 spiro atoms. The van der Waals surface area contributed by atoms with Gasteiger partial charge in [-0.15, -0.1) is 0 Å². The highest BCUT2D eigenvalue weighted by atomic mass is 16.3. The number of aliphatic hydroxyl groups is 1. The topological polar surface area (TPSA) is 49.3 Å². The molecular formula is C11H17NO2. The number of hydrogen-bond donors (Lipinski definition) is 2. The third-order valence-electron chi connectivity index (χ3n) is 2.83. The summed E-state index contributed by atoms with van der Waals surface area (Å²) in [4.78, 5) is 11.0. The Bertz CT molecular complexity index is 292. The van der Waals surface area contributed by atoms with Gasteiger partial charge in [0.2, 0.25) is 5.91 Å². The van der Waals surface area contributed by atoms with Crippen molar-refractivity contribution in [3.8, 4) is 0 Å². The first kappa shape index (κ1) is 11.0. The van der Waals surface area contributed by atoms with E-state index in [1.807, 2.05) is 6.92 Å². The molecule has 0 aliphatic heterocycles. The molecule has 0 fully saturated rings. The van der Waals surface area contributed by atoms with E-state index in [0.717, 1.165) is 18.4 Å². The number of amides is 1. The zero-order valence-electron chi connectivity index (χ0n) is 8.76. The van der Waals surface area contributed by atoms with E-state index in [9.17, 15) is 4.79 Å². The van der Waals surface area contributed by atoms with Gasteiger partial charge in [0, 0.05) is 0 Å². The van der Waals surface area contributed by atoms with Crippen LogP contribution in [-0.2, 0) is 4.79 Å². The Morgan fingerprint density at radius 1 is 1.64 bits per heavy atom. The normalized spacial score (nSPS) is 22.5. The fourth-order valence-corrected chi connectivity index (χ4v) is 1.66. The number of allylic oxidation sites excluding steroid dienone is 1. The van der Waals surface area contributed by atoms with E-state index in [0.29, 0.717) is 0 Å². The Kier molecular flexibility index (Phi) is 3.47. The van der Waals surface area contributed by atoms with E-state index in [-0.39, 0.29) is 11.9 Å². The van der Waals surface area contributed by atoms with Crippen LogP contribution in [0.3, 0.4) is 0 Å². The lowest BCUT2D eigenvalue weighted by Gasteiger charge is -2.27. The number of aliphatic hydroxyl groups excluding tert-OH is 1. The van der Waals surface area contributed by atoms with Crippen molar-refractivity contribution >= 4 is 5.91 Å². The van der Waals surface area contributed by atoms with Crippen LogP contribution in [-0.4, -0.2) is 23.7 Å². The molecule has 14 heavy (non-hydrogen) atoms.